The second-order valence-corrected chi connectivity index (χ2v) is 8.74. The van der Waals surface area contributed by atoms with Crippen LogP contribution in [0.15, 0.2) is 71.1 Å². The molecule has 7 heteroatoms. The summed E-state index contributed by atoms with van der Waals surface area (Å²) in [5.74, 6) is 13.9. The maximum absolute atomic E-state index is 14.8. The number of hydrogen-bond donors (Lipinski definition) is 3. The first kappa shape index (κ1) is 25.8. The summed E-state index contributed by atoms with van der Waals surface area (Å²) in [6.45, 7) is 4.01. The molecule has 0 spiro atoms. The van der Waals surface area contributed by atoms with Crippen LogP contribution in [0.4, 0.5) is 4.39 Å². The molecule has 0 saturated carbocycles. The van der Waals surface area contributed by atoms with E-state index in [0.29, 0.717) is 17.0 Å². The highest BCUT2D eigenvalue weighted by atomic mass is 32.1. The van der Waals surface area contributed by atoms with E-state index in [9.17, 15) is 4.39 Å². The fraction of sp³-hybridized carbons (Fsp3) is 0.179. The third kappa shape index (κ3) is 6.60. The number of aryl methyl sites for hydroxylation is 2. The fourth-order valence-corrected chi connectivity index (χ4v) is 4.63. The molecule has 35 heavy (non-hydrogen) atoms. The number of fused-ring (bicyclic) bond motifs is 1. The molecular formula is C28H29FN4OS. The van der Waals surface area contributed by atoms with Gasteiger partial charge in [0, 0.05) is 17.4 Å². The third-order valence-electron chi connectivity index (χ3n) is 5.43. The molecule has 3 aromatic carbocycles. The van der Waals surface area contributed by atoms with Gasteiger partial charge in [-0.15, -0.1) is 23.7 Å². The molecule has 0 radical (unpaired) electrons. The minimum Gasteiger partial charge on any atom is -0.489 e. The Morgan fingerprint density at radius 2 is 1.83 bits per heavy atom. The molecule has 4 rings (SSSR count). The maximum Gasteiger partial charge on any atom is 0.141 e. The summed E-state index contributed by atoms with van der Waals surface area (Å²) in [5, 5.41) is 6.53. The van der Waals surface area contributed by atoms with E-state index in [2.05, 4.69) is 41.9 Å². The summed E-state index contributed by atoms with van der Waals surface area (Å²) in [5.41, 5.74) is 7.73. The normalized spacial score (nSPS) is 10.9. The molecule has 0 aliphatic rings. The van der Waals surface area contributed by atoms with Crippen LogP contribution >= 0.6 is 11.3 Å². The van der Waals surface area contributed by atoms with Gasteiger partial charge < -0.3 is 16.0 Å². The highest BCUT2D eigenvalue weighted by Gasteiger charge is 2.13. The number of halogens is 1. The number of terminal acetylenes is 1. The quantitative estimate of drug-likeness (QED) is 0.0994. The Hall–Kier alpha value is -3.86. The van der Waals surface area contributed by atoms with Gasteiger partial charge in [-0.3, -0.25) is 0 Å². The van der Waals surface area contributed by atoms with Crippen molar-refractivity contribution in [1.82, 2.24) is 5.43 Å². The molecule has 0 saturated heterocycles. The van der Waals surface area contributed by atoms with Crippen LogP contribution in [0.1, 0.15) is 30.0 Å². The molecule has 0 atom stereocenters. The molecule has 5 nitrogen and oxygen atoms in total. The van der Waals surface area contributed by atoms with Crippen LogP contribution in [0.25, 0.3) is 21.2 Å². The molecule has 1 aromatic heterocycles. The Balaban J connectivity index is 0.00000108. The van der Waals surface area contributed by atoms with Crippen LogP contribution in [0, 0.1) is 25.1 Å². The third-order valence-corrected chi connectivity index (χ3v) is 6.43. The number of nitrogens with two attached hydrogens (primary N) is 2. The number of nitrogens with one attached hydrogen (secondary N) is 1. The molecule has 0 amide bonds. The SMILES string of the molecule is C#CC.Cc1ccccc1-c1csc2c(F)cc(COc3ccc(CC/C(=N/N)NN)cc3)cc12. The molecular weight excluding hydrogens is 459 g/mol. The number of hydrazine groups is 1. The average molecular weight is 489 g/mol. The van der Waals surface area contributed by atoms with Gasteiger partial charge in [-0.1, -0.05) is 36.4 Å². The lowest BCUT2D eigenvalue weighted by molar-refractivity contribution is 0.306. The van der Waals surface area contributed by atoms with E-state index in [0.717, 1.165) is 39.8 Å². The number of nitrogens with zero attached hydrogens (tertiary/aromatic N) is 1. The van der Waals surface area contributed by atoms with Gasteiger partial charge in [-0.25, -0.2) is 10.2 Å². The number of benzene rings is 3. The molecule has 0 fully saturated rings. The lowest BCUT2D eigenvalue weighted by Crippen LogP contribution is -2.31. The Bertz CT molecular complexity index is 1340. The largest absolute Gasteiger partial charge is 0.489 e. The van der Waals surface area contributed by atoms with E-state index in [1.165, 1.54) is 16.9 Å². The first-order valence-corrected chi connectivity index (χ1v) is 12.0. The molecule has 0 bridgehead atoms. The lowest BCUT2D eigenvalue weighted by atomic mass is 9.99. The van der Waals surface area contributed by atoms with Crippen molar-refractivity contribution in [2.24, 2.45) is 16.8 Å². The number of amidine groups is 1. The van der Waals surface area contributed by atoms with Crippen molar-refractivity contribution in [2.75, 3.05) is 0 Å². The highest BCUT2D eigenvalue weighted by molar-refractivity contribution is 7.17. The molecule has 1 heterocycles. The van der Waals surface area contributed by atoms with Crippen LogP contribution in [0.2, 0.25) is 0 Å². The van der Waals surface area contributed by atoms with Crippen molar-refractivity contribution in [2.45, 2.75) is 33.3 Å². The Morgan fingerprint density at radius 1 is 1.11 bits per heavy atom. The van der Waals surface area contributed by atoms with Gasteiger partial charge in [-0.2, -0.15) is 5.10 Å². The van der Waals surface area contributed by atoms with Gasteiger partial charge >= 0.3 is 0 Å². The van der Waals surface area contributed by atoms with Gasteiger partial charge in [0.2, 0.25) is 0 Å². The first-order chi connectivity index (χ1) is 17.0. The molecule has 180 valence electrons. The first-order valence-electron chi connectivity index (χ1n) is 11.1. The van der Waals surface area contributed by atoms with Crippen molar-refractivity contribution in [1.29, 1.82) is 0 Å². The monoisotopic (exact) mass is 488 g/mol. The van der Waals surface area contributed by atoms with Crippen molar-refractivity contribution < 1.29 is 9.13 Å². The van der Waals surface area contributed by atoms with Crippen LogP contribution in [0.3, 0.4) is 0 Å². The second kappa shape index (κ2) is 12.6. The maximum atomic E-state index is 14.8. The highest BCUT2D eigenvalue weighted by Crippen LogP contribution is 2.37. The number of thiophene rings is 1. The summed E-state index contributed by atoms with van der Waals surface area (Å²) in [6, 6.07) is 19.5. The van der Waals surface area contributed by atoms with Crippen molar-refractivity contribution in [3.8, 4) is 29.2 Å². The smallest absolute Gasteiger partial charge is 0.141 e. The summed E-state index contributed by atoms with van der Waals surface area (Å²) >= 11 is 1.43. The zero-order chi connectivity index (χ0) is 25.2. The number of hydrogen-bond acceptors (Lipinski definition) is 5. The minimum absolute atomic E-state index is 0.216. The van der Waals surface area contributed by atoms with E-state index in [-0.39, 0.29) is 12.4 Å². The summed E-state index contributed by atoms with van der Waals surface area (Å²) in [6.07, 6.45) is 5.97. The molecule has 4 aromatic rings. The van der Waals surface area contributed by atoms with Crippen LogP contribution < -0.4 is 21.8 Å². The standard InChI is InChI=1S/C25H25FN4OS.C3H4/c1-16-4-2-3-5-20(16)22-15-32-25-21(22)12-18(13-23(25)26)14-31-19-9-6-17(7-10-19)8-11-24(29-27)30-28;1-3-2/h2-7,9-10,12-13,15H,8,11,14,27-28H2,1H3,(H,29,30);1H,2H3. The molecule has 0 aliphatic heterocycles. The van der Waals surface area contributed by atoms with Crippen molar-refractivity contribution >= 4 is 27.3 Å². The van der Waals surface area contributed by atoms with E-state index < -0.39 is 0 Å². The van der Waals surface area contributed by atoms with Crippen LogP contribution in [-0.2, 0) is 13.0 Å². The summed E-state index contributed by atoms with van der Waals surface area (Å²) in [7, 11) is 0. The van der Waals surface area contributed by atoms with E-state index in [4.69, 9.17) is 16.4 Å². The van der Waals surface area contributed by atoms with E-state index in [1.807, 2.05) is 47.8 Å². The van der Waals surface area contributed by atoms with E-state index >= 15 is 0 Å². The zero-order valence-electron chi connectivity index (χ0n) is 19.8. The Morgan fingerprint density at radius 3 is 2.49 bits per heavy atom. The molecule has 0 unspecified atom stereocenters. The lowest BCUT2D eigenvalue weighted by Gasteiger charge is -2.10. The number of ether oxygens (including phenoxy) is 1. The molecule has 0 aliphatic carbocycles. The van der Waals surface area contributed by atoms with Gasteiger partial charge in [0.05, 0.1) is 4.70 Å². The average Bonchev–Trinajstić information content (AvgIpc) is 3.29. The predicted molar refractivity (Wildman–Crippen MR) is 145 cm³/mol. The van der Waals surface area contributed by atoms with Gasteiger partial charge in [-0.05, 0) is 72.2 Å². The Kier molecular flexibility index (Phi) is 9.24. The Labute approximate surface area is 209 Å². The van der Waals surface area contributed by atoms with Crippen molar-refractivity contribution in [3.63, 3.8) is 0 Å². The number of rotatable bonds is 7. The number of hydrazone groups is 1. The van der Waals surface area contributed by atoms with Gasteiger partial charge in [0.15, 0.2) is 0 Å². The minimum atomic E-state index is -0.216. The molecule has 5 N–H and O–H groups in total. The van der Waals surface area contributed by atoms with Crippen LogP contribution in [0.5, 0.6) is 5.75 Å². The summed E-state index contributed by atoms with van der Waals surface area (Å²) < 4.78 is 21.4. The fourth-order valence-electron chi connectivity index (χ4n) is 3.67. The second-order valence-electron chi connectivity index (χ2n) is 7.86. The summed E-state index contributed by atoms with van der Waals surface area (Å²) in [4.78, 5) is 0. The zero-order valence-corrected chi connectivity index (χ0v) is 20.7. The van der Waals surface area contributed by atoms with Crippen LogP contribution in [-0.4, -0.2) is 5.84 Å². The van der Waals surface area contributed by atoms with Gasteiger partial charge in [0.25, 0.3) is 0 Å². The predicted octanol–water partition coefficient (Wildman–Crippen LogP) is 5.90. The topological polar surface area (TPSA) is 85.7 Å². The van der Waals surface area contributed by atoms with Gasteiger partial charge in [0.1, 0.15) is 24.0 Å². The van der Waals surface area contributed by atoms with Crippen molar-refractivity contribution in [3.05, 3.63) is 88.6 Å². The van der Waals surface area contributed by atoms with E-state index in [1.54, 1.807) is 13.0 Å².